The zero-order valence-corrected chi connectivity index (χ0v) is 16.2. The van der Waals surface area contributed by atoms with Crippen LogP contribution in [0.5, 0.6) is 0 Å². The second-order valence-electron chi connectivity index (χ2n) is 6.08. The monoisotopic (exact) mass is 392 g/mol. The number of carbonyl (C=O) groups excluding carboxylic acids is 3. The average Bonchev–Trinajstić information content (AvgIpc) is 2.64. The maximum Gasteiger partial charge on any atom is 0.355 e. The molecule has 138 valence electrons. The van der Waals surface area contributed by atoms with Crippen LogP contribution in [0.25, 0.3) is 0 Å². The summed E-state index contributed by atoms with van der Waals surface area (Å²) in [6.07, 6.45) is 2.06. The number of fused-ring (bicyclic) bond motifs is 1. The number of rotatable bonds is 6. The normalized spacial score (nSPS) is 21.8. The van der Waals surface area contributed by atoms with E-state index < -0.39 is 12.0 Å². The number of esters is 1. The standard InChI is InChI=1S/C18H20N2O4S2/c1-11-9-26-17-14(19-13(21)8-12-6-4-3-5-7-12)16(22)20(17)15(11)18(23)24-10-25-2/h3-7,14,17H,8-10H2,1-2H3,(H,19,21)/t14?,17-/m1/s1. The number of benzene rings is 1. The molecular weight excluding hydrogens is 372 g/mol. The Kier molecular flexibility index (Phi) is 5.93. The molecule has 3 rings (SSSR count). The van der Waals surface area contributed by atoms with Crippen molar-refractivity contribution in [2.75, 3.05) is 17.9 Å². The van der Waals surface area contributed by atoms with Gasteiger partial charge < -0.3 is 10.1 Å². The highest BCUT2D eigenvalue weighted by Crippen LogP contribution is 2.40. The quantitative estimate of drug-likeness (QED) is 0.452. The summed E-state index contributed by atoms with van der Waals surface area (Å²) in [5.41, 5.74) is 2.03. The maximum atomic E-state index is 12.6. The maximum absolute atomic E-state index is 12.6. The Morgan fingerprint density at radius 1 is 1.35 bits per heavy atom. The van der Waals surface area contributed by atoms with E-state index in [1.807, 2.05) is 43.5 Å². The Balaban J connectivity index is 1.65. The number of amides is 2. The topological polar surface area (TPSA) is 75.7 Å². The van der Waals surface area contributed by atoms with Crippen LogP contribution in [0.4, 0.5) is 0 Å². The molecule has 6 nitrogen and oxygen atoms in total. The lowest BCUT2D eigenvalue weighted by atomic mass is 10.0. The zero-order chi connectivity index (χ0) is 18.7. The van der Waals surface area contributed by atoms with Crippen LogP contribution in [0.1, 0.15) is 12.5 Å². The minimum absolute atomic E-state index is 0.201. The van der Waals surface area contributed by atoms with Gasteiger partial charge in [0, 0.05) is 5.75 Å². The van der Waals surface area contributed by atoms with Gasteiger partial charge in [0.15, 0.2) is 0 Å². The van der Waals surface area contributed by atoms with E-state index in [0.29, 0.717) is 11.4 Å². The van der Waals surface area contributed by atoms with E-state index >= 15 is 0 Å². The van der Waals surface area contributed by atoms with Crippen molar-refractivity contribution in [1.29, 1.82) is 0 Å². The molecule has 26 heavy (non-hydrogen) atoms. The molecule has 1 aromatic rings. The molecule has 0 radical (unpaired) electrons. The van der Waals surface area contributed by atoms with E-state index in [1.165, 1.54) is 16.7 Å². The van der Waals surface area contributed by atoms with Crippen LogP contribution in [0.3, 0.4) is 0 Å². The van der Waals surface area contributed by atoms with Gasteiger partial charge in [-0.2, -0.15) is 0 Å². The third-order valence-electron chi connectivity index (χ3n) is 4.18. The van der Waals surface area contributed by atoms with Gasteiger partial charge >= 0.3 is 5.97 Å². The van der Waals surface area contributed by atoms with Crippen molar-refractivity contribution in [3.8, 4) is 0 Å². The fraction of sp³-hybridized carbons (Fsp3) is 0.389. The lowest BCUT2D eigenvalue weighted by Crippen LogP contribution is -2.70. The van der Waals surface area contributed by atoms with E-state index in [0.717, 1.165) is 11.1 Å². The van der Waals surface area contributed by atoms with Crippen LogP contribution in [0.2, 0.25) is 0 Å². The van der Waals surface area contributed by atoms with Gasteiger partial charge in [0.1, 0.15) is 23.1 Å². The van der Waals surface area contributed by atoms with Crippen molar-refractivity contribution in [1.82, 2.24) is 10.2 Å². The van der Waals surface area contributed by atoms with E-state index in [9.17, 15) is 14.4 Å². The molecule has 1 unspecified atom stereocenters. The summed E-state index contributed by atoms with van der Waals surface area (Å²) in [4.78, 5) is 38.6. The lowest BCUT2D eigenvalue weighted by Gasteiger charge is -2.49. The molecule has 1 fully saturated rings. The van der Waals surface area contributed by atoms with Crippen LogP contribution < -0.4 is 5.32 Å². The summed E-state index contributed by atoms with van der Waals surface area (Å²) in [5, 5.41) is 2.54. The highest BCUT2D eigenvalue weighted by molar-refractivity contribution is 8.00. The van der Waals surface area contributed by atoms with Crippen molar-refractivity contribution >= 4 is 41.3 Å². The summed E-state index contributed by atoms with van der Waals surface area (Å²) in [6.45, 7) is 1.83. The predicted molar refractivity (Wildman–Crippen MR) is 102 cm³/mol. The van der Waals surface area contributed by atoms with E-state index in [4.69, 9.17) is 4.74 Å². The molecule has 1 saturated heterocycles. The molecule has 2 aliphatic heterocycles. The fourth-order valence-corrected chi connectivity index (χ4v) is 4.47. The second kappa shape index (κ2) is 8.18. The van der Waals surface area contributed by atoms with Gasteiger partial charge in [-0.25, -0.2) is 4.79 Å². The molecule has 8 heteroatoms. The molecule has 0 aromatic heterocycles. The number of carbonyl (C=O) groups is 3. The molecule has 1 aromatic carbocycles. The van der Waals surface area contributed by atoms with Gasteiger partial charge in [-0.15, -0.1) is 23.5 Å². The van der Waals surface area contributed by atoms with E-state index in [-0.39, 0.29) is 29.5 Å². The van der Waals surface area contributed by atoms with E-state index in [2.05, 4.69) is 5.32 Å². The number of ether oxygens (including phenoxy) is 1. The fourth-order valence-electron chi connectivity index (χ4n) is 2.95. The minimum Gasteiger partial charge on any atom is -0.450 e. The first-order valence-corrected chi connectivity index (χ1v) is 10.6. The Morgan fingerprint density at radius 2 is 2.08 bits per heavy atom. The molecule has 0 bridgehead atoms. The molecule has 0 aliphatic carbocycles. The van der Waals surface area contributed by atoms with Crippen molar-refractivity contribution in [3.63, 3.8) is 0 Å². The van der Waals surface area contributed by atoms with Crippen LogP contribution in [0, 0.1) is 0 Å². The van der Waals surface area contributed by atoms with Crippen molar-refractivity contribution in [2.24, 2.45) is 0 Å². The summed E-state index contributed by atoms with van der Waals surface area (Å²) < 4.78 is 5.17. The number of β-lactam (4-membered cyclic amide) rings is 1. The van der Waals surface area contributed by atoms with Crippen LogP contribution in [-0.4, -0.2) is 52.0 Å². The largest absolute Gasteiger partial charge is 0.450 e. The smallest absolute Gasteiger partial charge is 0.355 e. The first-order chi connectivity index (χ1) is 12.5. The van der Waals surface area contributed by atoms with Gasteiger partial charge in [-0.3, -0.25) is 14.5 Å². The summed E-state index contributed by atoms with van der Waals surface area (Å²) in [6, 6.07) is 8.77. The number of hydrogen-bond donors (Lipinski definition) is 1. The SMILES string of the molecule is CSCOC(=O)C1=C(C)CS[C@@H]2C(NC(=O)Cc3ccccc3)C(=O)N12. The second-order valence-corrected chi connectivity index (χ2v) is 8.00. The van der Waals surface area contributed by atoms with Crippen LogP contribution >= 0.6 is 23.5 Å². The minimum atomic E-state index is -0.604. The van der Waals surface area contributed by atoms with Crippen molar-refractivity contribution < 1.29 is 19.1 Å². The molecular formula is C18H20N2O4S2. The molecule has 2 heterocycles. The Labute approximate surface area is 160 Å². The Hall–Kier alpha value is -1.93. The molecule has 2 amide bonds. The number of nitrogens with zero attached hydrogens (tertiary/aromatic N) is 1. The van der Waals surface area contributed by atoms with Gasteiger partial charge in [-0.1, -0.05) is 30.3 Å². The highest BCUT2D eigenvalue weighted by atomic mass is 32.2. The molecule has 0 spiro atoms. The first-order valence-electron chi connectivity index (χ1n) is 8.16. The zero-order valence-electron chi connectivity index (χ0n) is 14.6. The highest BCUT2D eigenvalue weighted by Gasteiger charge is 2.53. The average molecular weight is 393 g/mol. The Morgan fingerprint density at radius 3 is 2.77 bits per heavy atom. The summed E-state index contributed by atoms with van der Waals surface area (Å²) >= 11 is 2.94. The van der Waals surface area contributed by atoms with Crippen LogP contribution in [0.15, 0.2) is 41.6 Å². The molecule has 0 saturated carbocycles. The van der Waals surface area contributed by atoms with Crippen LogP contribution in [-0.2, 0) is 25.5 Å². The molecule has 2 atom stereocenters. The van der Waals surface area contributed by atoms with Gasteiger partial charge in [0.05, 0.1) is 6.42 Å². The predicted octanol–water partition coefficient (Wildman–Crippen LogP) is 1.77. The summed E-state index contributed by atoms with van der Waals surface area (Å²) in [5.74, 6) is -0.0770. The van der Waals surface area contributed by atoms with Crippen molar-refractivity contribution in [2.45, 2.75) is 24.8 Å². The van der Waals surface area contributed by atoms with Crippen molar-refractivity contribution in [3.05, 3.63) is 47.2 Å². The first kappa shape index (κ1) is 18.8. The van der Waals surface area contributed by atoms with Gasteiger partial charge in [-0.05, 0) is 24.3 Å². The number of hydrogen-bond acceptors (Lipinski definition) is 6. The lowest BCUT2D eigenvalue weighted by molar-refractivity contribution is -0.152. The molecule has 2 aliphatic rings. The molecule has 1 N–H and O–H groups in total. The third kappa shape index (κ3) is 3.76. The van der Waals surface area contributed by atoms with E-state index in [1.54, 1.807) is 11.8 Å². The number of thioether (sulfide) groups is 2. The third-order valence-corrected chi connectivity index (χ3v) is 5.96. The number of nitrogens with one attached hydrogen (secondary N) is 1. The Bertz CT molecular complexity index is 751. The van der Waals surface area contributed by atoms with Gasteiger partial charge in [0.25, 0.3) is 5.91 Å². The van der Waals surface area contributed by atoms with Gasteiger partial charge in [0.2, 0.25) is 5.91 Å². The summed E-state index contributed by atoms with van der Waals surface area (Å²) in [7, 11) is 0.